The van der Waals surface area contributed by atoms with E-state index in [9.17, 15) is 15.3 Å². The monoisotopic (exact) mass is 432 g/mol. The normalized spacial score (nSPS) is 26.0. The van der Waals surface area contributed by atoms with Crippen molar-refractivity contribution in [2.24, 2.45) is 0 Å². The minimum atomic E-state index is -1.45. The van der Waals surface area contributed by atoms with Gasteiger partial charge in [0.2, 0.25) is 6.29 Å². The van der Waals surface area contributed by atoms with Gasteiger partial charge in [-0.25, -0.2) is 0 Å². The lowest BCUT2D eigenvalue weighted by Gasteiger charge is -2.39. The van der Waals surface area contributed by atoms with Crippen LogP contribution < -0.4 is 18.9 Å². The van der Waals surface area contributed by atoms with Gasteiger partial charge in [0, 0.05) is 11.6 Å². The lowest BCUT2D eigenvalue weighted by molar-refractivity contribution is -0.268. The van der Waals surface area contributed by atoms with Crippen LogP contribution in [0, 0.1) is 0 Å². The average molecular weight is 432 g/mol. The van der Waals surface area contributed by atoms with Gasteiger partial charge in [-0.15, -0.1) is 0 Å². The second kappa shape index (κ2) is 10.0. The van der Waals surface area contributed by atoms with Crippen molar-refractivity contribution in [3.63, 3.8) is 0 Å². The Hall–Kier alpha value is -2.78. The molecule has 8 nitrogen and oxygen atoms in total. The van der Waals surface area contributed by atoms with Crippen molar-refractivity contribution in [1.82, 2.24) is 0 Å². The van der Waals surface area contributed by atoms with E-state index in [4.69, 9.17) is 23.7 Å². The number of rotatable bonds is 7. The van der Waals surface area contributed by atoms with Gasteiger partial charge in [-0.3, -0.25) is 0 Å². The molecule has 8 heteroatoms. The first-order valence-corrected chi connectivity index (χ1v) is 9.82. The van der Waals surface area contributed by atoms with E-state index >= 15 is 0 Å². The zero-order valence-corrected chi connectivity index (χ0v) is 17.9. The Kier molecular flexibility index (Phi) is 7.40. The molecule has 0 aliphatic carbocycles. The Labute approximate surface area is 181 Å². The fraction of sp³-hybridized carbons (Fsp3) is 0.391. The molecule has 0 saturated carbocycles. The van der Waals surface area contributed by atoms with Gasteiger partial charge < -0.3 is 39.0 Å². The minimum Gasteiger partial charge on any atom is -0.497 e. The fourth-order valence-electron chi connectivity index (χ4n) is 3.24. The second-order valence-electron chi connectivity index (χ2n) is 7.15. The molecule has 0 bridgehead atoms. The molecule has 168 valence electrons. The first-order valence-electron chi connectivity index (χ1n) is 9.82. The number of benzene rings is 2. The molecule has 1 saturated heterocycles. The van der Waals surface area contributed by atoms with E-state index < -0.39 is 30.7 Å². The van der Waals surface area contributed by atoms with Crippen LogP contribution >= 0.6 is 0 Å². The van der Waals surface area contributed by atoms with Crippen molar-refractivity contribution >= 4 is 12.2 Å². The summed E-state index contributed by atoms with van der Waals surface area (Å²) in [5.41, 5.74) is 1.53. The van der Waals surface area contributed by atoms with Crippen LogP contribution in [0.4, 0.5) is 0 Å². The van der Waals surface area contributed by atoms with Crippen LogP contribution in [-0.2, 0) is 4.74 Å². The molecule has 1 unspecified atom stereocenters. The van der Waals surface area contributed by atoms with Crippen LogP contribution in [0.15, 0.2) is 36.4 Å². The molecular formula is C23H28O8. The van der Waals surface area contributed by atoms with E-state index in [1.54, 1.807) is 33.3 Å². The molecule has 3 N–H and O–H groups in total. The lowest BCUT2D eigenvalue weighted by Crippen LogP contribution is -2.58. The van der Waals surface area contributed by atoms with E-state index in [1.165, 1.54) is 7.11 Å². The molecule has 1 heterocycles. The van der Waals surface area contributed by atoms with Gasteiger partial charge in [-0.05, 0) is 30.7 Å². The van der Waals surface area contributed by atoms with Crippen LogP contribution in [0.3, 0.4) is 0 Å². The predicted molar refractivity (Wildman–Crippen MR) is 114 cm³/mol. The SMILES string of the molecule is COc1ccc(/C=C/c2cc(OC)cc(OC)c2O[C@@H]2OC(C)[C@@H](O)[C@H](O)[C@H]2O)cc1. The highest BCUT2D eigenvalue weighted by molar-refractivity contribution is 5.75. The average Bonchev–Trinajstić information content (AvgIpc) is 2.80. The van der Waals surface area contributed by atoms with E-state index in [0.717, 1.165) is 11.3 Å². The Balaban J connectivity index is 1.95. The van der Waals surface area contributed by atoms with Crippen molar-refractivity contribution in [1.29, 1.82) is 0 Å². The molecule has 0 amide bonds. The van der Waals surface area contributed by atoms with Crippen molar-refractivity contribution in [2.45, 2.75) is 37.6 Å². The number of methoxy groups -OCH3 is 3. The topological polar surface area (TPSA) is 107 Å². The Bertz CT molecular complexity index is 895. The standard InChI is InChI=1S/C23H28O8/c1-13-19(24)20(25)21(26)23(30-13)31-22-15(11-17(28-3)12-18(22)29-4)8-5-14-6-9-16(27-2)10-7-14/h5-13,19-21,23-26H,1-4H3/b8-5+/t13?,19-,20+,21-,23+/m1/s1. The first kappa shape index (κ1) is 22.9. The second-order valence-corrected chi connectivity index (χ2v) is 7.15. The van der Waals surface area contributed by atoms with Crippen molar-refractivity contribution in [2.75, 3.05) is 21.3 Å². The van der Waals surface area contributed by atoms with E-state index in [0.29, 0.717) is 22.8 Å². The summed E-state index contributed by atoms with van der Waals surface area (Å²) in [6.07, 6.45) is -2.32. The number of ether oxygens (including phenoxy) is 5. The summed E-state index contributed by atoms with van der Waals surface area (Å²) >= 11 is 0. The number of aliphatic hydroxyl groups is 3. The summed E-state index contributed by atoms with van der Waals surface area (Å²) in [4.78, 5) is 0. The molecule has 3 rings (SSSR count). The van der Waals surface area contributed by atoms with Crippen LogP contribution in [-0.4, -0.2) is 67.4 Å². The highest BCUT2D eigenvalue weighted by Gasteiger charge is 2.43. The summed E-state index contributed by atoms with van der Waals surface area (Å²) in [6.45, 7) is 1.59. The molecule has 5 atom stereocenters. The maximum Gasteiger partial charge on any atom is 0.229 e. The van der Waals surface area contributed by atoms with Crippen LogP contribution in [0.2, 0.25) is 0 Å². The van der Waals surface area contributed by atoms with Gasteiger partial charge in [0.15, 0.2) is 11.5 Å². The Morgan fingerprint density at radius 2 is 1.48 bits per heavy atom. The number of aliphatic hydroxyl groups excluding tert-OH is 3. The van der Waals surface area contributed by atoms with E-state index in [2.05, 4.69) is 0 Å². The molecular weight excluding hydrogens is 404 g/mol. The molecule has 31 heavy (non-hydrogen) atoms. The molecule has 1 aliphatic heterocycles. The quantitative estimate of drug-likeness (QED) is 0.571. The van der Waals surface area contributed by atoms with Gasteiger partial charge in [0.1, 0.15) is 29.8 Å². The van der Waals surface area contributed by atoms with Gasteiger partial charge >= 0.3 is 0 Å². The predicted octanol–water partition coefficient (Wildman–Crippen LogP) is 2.09. The number of hydrogen-bond donors (Lipinski definition) is 3. The van der Waals surface area contributed by atoms with Crippen molar-refractivity contribution in [3.05, 3.63) is 47.5 Å². The number of hydrogen-bond acceptors (Lipinski definition) is 8. The van der Waals surface area contributed by atoms with Crippen molar-refractivity contribution in [3.8, 4) is 23.0 Å². The maximum absolute atomic E-state index is 10.3. The van der Waals surface area contributed by atoms with Crippen molar-refractivity contribution < 1.29 is 39.0 Å². The largest absolute Gasteiger partial charge is 0.497 e. The summed E-state index contributed by atoms with van der Waals surface area (Å²) in [7, 11) is 4.63. The highest BCUT2D eigenvalue weighted by Crippen LogP contribution is 2.39. The summed E-state index contributed by atoms with van der Waals surface area (Å²) in [6, 6.07) is 10.9. The lowest BCUT2D eigenvalue weighted by atomic mass is 10.00. The molecule has 1 aliphatic rings. The highest BCUT2D eigenvalue weighted by atomic mass is 16.7. The zero-order chi connectivity index (χ0) is 22.5. The fourth-order valence-corrected chi connectivity index (χ4v) is 3.24. The van der Waals surface area contributed by atoms with Crippen LogP contribution in [0.5, 0.6) is 23.0 Å². The smallest absolute Gasteiger partial charge is 0.229 e. The summed E-state index contributed by atoms with van der Waals surface area (Å²) in [5.74, 6) is 1.96. The third-order valence-corrected chi connectivity index (χ3v) is 5.13. The first-order chi connectivity index (χ1) is 14.9. The minimum absolute atomic E-state index is 0.299. The third kappa shape index (κ3) is 5.11. The summed E-state index contributed by atoms with van der Waals surface area (Å²) in [5, 5.41) is 30.4. The molecule has 0 aromatic heterocycles. The van der Waals surface area contributed by atoms with Gasteiger partial charge in [0.05, 0.1) is 27.4 Å². The molecule has 0 radical (unpaired) electrons. The Morgan fingerprint density at radius 3 is 2.10 bits per heavy atom. The molecule has 2 aromatic carbocycles. The van der Waals surface area contributed by atoms with Crippen LogP contribution in [0.25, 0.3) is 12.2 Å². The van der Waals surface area contributed by atoms with E-state index in [1.807, 2.05) is 36.4 Å². The molecule has 2 aromatic rings. The van der Waals surface area contributed by atoms with Crippen LogP contribution in [0.1, 0.15) is 18.1 Å². The maximum atomic E-state index is 10.3. The summed E-state index contributed by atoms with van der Waals surface area (Å²) < 4.78 is 27.5. The van der Waals surface area contributed by atoms with E-state index in [-0.39, 0.29) is 0 Å². The van der Waals surface area contributed by atoms with Gasteiger partial charge in [-0.1, -0.05) is 24.3 Å². The van der Waals surface area contributed by atoms with Gasteiger partial charge in [-0.2, -0.15) is 0 Å². The Morgan fingerprint density at radius 1 is 0.806 bits per heavy atom. The molecule has 0 spiro atoms. The molecule has 1 fully saturated rings. The third-order valence-electron chi connectivity index (χ3n) is 5.13. The van der Waals surface area contributed by atoms with Gasteiger partial charge in [0.25, 0.3) is 0 Å². The zero-order valence-electron chi connectivity index (χ0n) is 17.9.